The molecule has 2 N–H and O–H groups in total. The molecule has 106 valence electrons. The van der Waals surface area contributed by atoms with Crippen LogP contribution in [0.3, 0.4) is 0 Å². The average Bonchev–Trinajstić information content (AvgIpc) is 3.16. The molecule has 4 heteroatoms. The Morgan fingerprint density at radius 2 is 1.95 bits per heavy atom. The molecule has 1 saturated carbocycles. The molecule has 0 bridgehead atoms. The summed E-state index contributed by atoms with van der Waals surface area (Å²) in [4.78, 5) is 8.75. The highest BCUT2D eigenvalue weighted by atomic mass is 15.1. The fourth-order valence-electron chi connectivity index (χ4n) is 2.78. The summed E-state index contributed by atoms with van der Waals surface area (Å²) in [5.41, 5.74) is 1.73. The quantitative estimate of drug-likeness (QED) is 0.787. The highest BCUT2D eigenvalue weighted by molar-refractivity contribution is 5.58. The van der Waals surface area contributed by atoms with E-state index in [1.165, 1.54) is 31.2 Å². The van der Waals surface area contributed by atoms with Crippen LogP contribution in [0.4, 0.5) is 11.6 Å². The molecule has 0 amide bonds. The first-order valence-electron chi connectivity index (χ1n) is 7.38. The van der Waals surface area contributed by atoms with Crippen LogP contribution in [-0.2, 0) is 0 Å². The monoisotopic (exact) mass is 262 g/mol. The van der Waals surface area contributed by atoms with E-state index in [4.69, 9.17) is 0 Å². The number of aromatic nitrogens is 2. The van der Waals surface area contributed by atoms with E-state index in [1.54, 1.807) is 6.33 Å². The maximum absolute atomic E-state index is 4.44. The van der Waals surface area contributed by atoms with Crippen molar-refractivity contribution in [3.8, 4) is 0 Å². The Morgan fingerprint density at radius 1 is 1.26 bits per heavy atom. The third-order valence-electron chi connectivity index (χ3n) is 4.07. The lowest BCUT2D eigenvalue weighted by atomic mass is 10.00. The molecular weight excluding hydrogens is 236 g/mol. The van der Waals surface area contributed by atoms with Crippen LogP contribution in [0.15, 0.2) is 6.33 Å². The summed E-state index contributed by atoms with van der Waals surface area (Å²) in [5, 5.41) is 6.73. The van der Waals surface area contributed by atoms with Gasteiger partial charge in [0.2, 0.25) is 0 Å². The van der Waals surface area contributed by atoms with Crippen molar-refractivity contribution in [1.29, 1.82) is 0 Å². The predicted molar refractivity (Wildman–Crippen MR) is 80.7 cm³/mol. The van der Waals surface area contributed by atoms with Gasteiger partial charge < -0.3 is 10.6 Å². The largest absolute Gasteiger partial charge is 0.373 e. The molecule has 1 aromatic rings. The first-order chi connectivity index (χ1) is 9.12. The van der Waals surface area contributed by atoms with E-state index in [2.05, 4.69) is 41.4 Å². The van der Waals surface area contributed by atoms with Gasteiger partial charge in [-0.25, -0.2) is 9.97 Å². The highest BCUT2D eigenvalue weighted by Gasteiger charge is 2.41. The second-order valence-corrected chi connectivity index (χ2v) is 5.99. The number of nitrogens with one attached hydrogen (secondary N) is 2. The van der Waals surface area contributed by atoms with E-state index in [1.807, 2.05) is 7.05 Å². The van der Waals surface area contributed by atoms with E-state index in [9.17, 15) is 0 Å². The summed E-state index contributed by atoms with van der Waals surface area (Å²) < 4.78 is 0. The third-order valence-corrected chi connectivity index (χ3v) is 4.07. The van der Waals surface area contributed by atoms with Gasteiger partial charge in [-0.1, -0.05) is 27.2 Å². The Bertz CT molecular complexity index is 424. The molecule has 0 atom stereocenters. The van der Waals surface area contributed by atoms with Crippen LogP contribution >= 0.6 is 0 Å². The zero-order valence-electron chi connectivity index (χ0n) is 12.6. The molecule has 1 aromatic heterocycles. The number of nitrogens with zero attached hydrogens (tertiary/aromatic N) is 2. The van der Waals surface area contributed by atoms with E-state index < -0.39 is 0 Å². The fraction of sp³-hybridized carbons (Fsp3) is 0.733. The van der Waals surface area contributed by atoms with Gasteiger partial charge in [-0.05, 0) is 30.6 Å². The Hall–Kier alpha value is -1.32. The van der Waals surface area contributed by atoms with Crippen molar-refractivity contribution in [1.82, 2.24) is 9.97 Å². The van der Waals surface area contributed by atoms with Crippen molar-refractivity contribution in [3.05, 3.63) is 11.9 Å². The van der Waals surface area contributed by atoms with Crippen molar-refractivity contribution in [2.24, 2.45) is 5.41 Å². The molecule has 1 heterocycles. The second-order valence-electron chi connectivity index (χ2n) is 5.99. The van der Waals surface area contributed by atoms with Gasteiger partial charge in [-0.3, -0.25) is 0 Å². The minimum Gasteiger partial charge on any atom is -0.373 e. The van der Waals surface area contributed by atoms with E-state index in [0.29, 0.717) is 11.3 Å². The molecule has 0 saturated heterocycles. The van der Waals surface area contributed by atoms with Gasteiger partial charge in [0.05, 0.1) is 0 Å². The van der Waals surface area contributed by atoms with Crippen LogP contribution in [0.2, 0.25) is 0 Å². The van der Waals surface area contributed by atoms with Gasteiger partial charge in [-0.15, -0.1) is 0 Å². The van der Waals surface area contributed by atoms with Crippen LogP contribution in [0.5, 0.6) is 0 Å². The first-order valence-corrected chi connectivity index (χ1v) is 7.38. The molecule has 0 aromatic carbocycles. The van der Waals surface area contributed by atoms with Gasteiger partial charge in [0, 0.05) is 19.2 Å². The van der Waals surface area contributed by atoms with E-state index >= 15 is 0 Å². The lowest BCUT2D eigenvalue weighted by molar-refractivity contribution is 0.484. The number of rotatable bonds is 7. The summed E-state index contributed by atoms with van der Waals surface area (Å²) in [7, 11) is 1.91. The smallest absolute Gasteiger partial charge is 0.135 e. The zero-order valence-corrected chi connectivity index (χ0v) is 12.6. The van der Waals surface area contributed by atoms with Gasteiger partial charge in [0.25, 0.3) is 0 Å². The molecule has 4 nitrogen and oxygen atoms in total. The molecular formula is C15H26N4. The minimum atomic E-state index is 0.410. The van der Waals surface area contributed by atoms with E-state index in [-0.39, 0.29) is 0 Å². The lowest BCUT2D eigenvalue weighted by Crippen LogP contribution is -2.18. The SMILES string of the molecule is CCCC1(CNc2ncnc(NC)c2C(C)C)CC1. The molecule has 1 aliphatic carbocycles. The van der Waals surface area contributed by atoms with Gasteiger partial charge in [0.1, 0.15) is 18.0 Å². The minimum absolute atomic E-state index is 0.410. The van der Waals surface area contributed by atoms with Crippen LogP contribution in [0.1, 0.15) is 57.9 Å². The zero-order chi connectivity index (χ0) is 13.9. The fourth-order valence-corrected chi connectivity index (χ4v) is 2.78. The number of anilines is 2. The molecule has 0 unspecified atom stereocenters. The lowest BCUT2D eigenvalue weighted by Gasteiger charge is -2.20. The van der Waals surface area contributed by atoms with Crippen molar-refractivity contribution in [3.63, 3.8) is 0 Å². The van der Waals surface area contributed by atoms with Gasteiger partial charge in [-0.2, -0.15) is 0 Å². The normalized spacial score (nSPS) is 16.5. The summed E-state index contributed by atoms with van der Waals surface area (Å²) >= 11 is 0. The van der Waals surface area contributed by atoms with Gasteiger partial charge in [0.15, 0.2) is 0 Å². The summed E-state index contributed by atoms with van der Waals surface area (Å²) in [6.45, 7) is 7.68. The van der Waals surface area contributed by atoms with Crippen molar-refractivity contribution < 1.29 is 0 Å². The molecule has 1 fully saturated rings. The summed E-state index contributed by atoms with van der Waals surface area (Å²) in [5.74, 6) is 2.34. The first kappa shape index (κ1) is 14.1. The Morgan fingerprint density at radius 3 is 2.47 bits per heavy atom. The maximum atomic E-state index is 4.44. The number of hydrogen-bond donors (Lipinski definition) is 2. The maximum Gasteiger partial charge on any atom is 0.135 e. The Kier molecular flexibility index (Phi) is 4.27. The van der Waals surface area contributed by atoms with Gasteiger partial charge >= 0.3 is 0 Å². The second kappa shape index (κ2) is 5.76. The van der Waals surface area contributed by atoms with Crippen LogP contribution < -0.4 is 10.6 Å². The molecule has 19 heavy (non-hydrogen) atoms. The molecule has 0 spiro atoms. The van der Waals surface area contributed by atoms with Crippen molar-refractivity contribution >= 4 is 11.6 Å². The van der Waals surface area contributed by atoms with Crippen molar-refractivity contribution in [2.75, 3.05) is 24.2 Å². The number of hydrogen-bond acceptors (Lipinski definition) is 4. The summed E-state index contributed by atoms with van der Waals surface area (Å²) in [6, 6.07) is 0. The van der Waals surface area contributed by atoms with Crippen LogP contribution in [-0.4, -0.2) is 23.6 Å². The predicted octanol–water partition coefficient (Wildman–Crippen LogP) is 3.63. The highest BCUT2D eigenvalue weighted by Crippen LogP contribution is 2.49. The third kappa shape index (κ3) is 3.17. The van der Waals surface area contributed by atoms with Crippen LogP contribution in [0, 0.1) is 5.41 Å². The molecule has 2 rings (SSSR count). The molecule has 1 aliphatic rings. The van der Waals surface area contributed by atoms with E-state index in [0.717, 1.165) is 18.2 Å². The van der Waals surface area contributed by atoms with Crippen LogP contribution in [0.25, 0.3) is 0 Å². The Balaban J connectivity index is 2.11. The average molecular weight is 262 g/mol. The molecule has 0 radical (unpaired) electrons. The Labute approximate surface area is 116 Å². The standard InChI is InChI=1S/C15H26N4/c1-5-6-15(7-8-15)9-17-14-12(11(2)3)13(16-4)18-10-19-14/h10-11H,5-9H2,1-4H3,(H2,16,17,18,19). The topological polar surface area (TPSA) is 49.8 Å². The molecule has 0 aliphatic heterocycles. The summed E-state index contributed by atoms with van der Waals surface area (Å²) in [6.07, 6.45) is 6.94. The van der Waals surface area contributed by atoms with Crippen molar-refractivity contribution in [2.45, 2.75) is 52.4 Å².